The first-order valence-electron chi connectivity index (χ1n) is 9.78. The number of hydrogen-bond acceptors (Lipinski definition) is 3. The summed E-state index contributed by atoms with van der Waals surface area (Å²) in [5.74, 6) is 1.54. The molecule has 2 rings (SSSR count). The second-order valence-electron chi connectivity index (χ2n) is 6.59. The van der Waals surface area contributed by atoms with Crippen molar-refractivity contribution in [3.8, 4) is 17.2 Å². The summed E-state index contributed by atoms with van der Waals surface area (Å²) in [6.07, 6.45) is 9.29. The van der Waals surface area contributed by atoms with Crippen LogP contribution in [0.25, 0.3) is 10.8 Å². The Balaban J connectivity index is 2.08. The van der Waals surface area contributed by atoms with Crippen molar-refractivity contribution in [3.05, 3.63) is 30.3 Å². The minimum Gasteiger partial charge on any atom is -0.504 e. The molecule has 0 atom stereocenters. The van der Waals surface area contributed by atoms with Crippen LogP contribution in [-0.4, -0.2) is 18.3 Å². The van der Waals surface area contributed by atoms with Gasteiger partial charge in [-0.25, -0.2) is 0 Å². The molecule has 0 saturated heterocycles. The maximum absolute atomic E-state index is 10.5. The summed E-state index contributed by atoms with van der Waals surface area (Å²) in [5, 5.41) is 12.3. The zero-order chi connectivity index (χ0) is 17.9. The Kier molecular flexibility index (Phi) is 8.44. The number of ether oxygens (including phenoxy) is 2. The minimum absolute atomic E-state index is 0.212. The molecule has 0 heterocycles. The highest BCUT2D eigenvalue weighted by atomic mass is 16.5. The molecule has 25 heavy (non-hydrogen) atoms. The predicted molar refractivity (Wildman–Crippen MR) is 105 cm³/mol. The number of aromatic hydroxyl groups is 1. The van der Waals surface area contributed by atoms with E-state index in [-0.39, 0.29) is 5.75 Å². The lowest BCUT2D eigenvalue weighted by atomic mass is 10.1. The van der Waals surface area contributed by atoms with Gasteiger partial charge in [-0.15, -0.1) is 0 Å². The lowest BCUT2D eigenvalue weighted by Crippen LogP contribution is -2.01. The van der Waals surface area contributed by atoms with Crippen molar-refractivity contribution in [2.24, 2.45) is 0 Å². The highest BCUT2D eigenvalue weighted by Crippen LogP contribution is 2.40. The van der Waals surface area contributed by atoms with Crippen LogP contribution < -0.4 is 9.47 Å². The van der Waals surface area contributed by atoms with E-state index >= 15 is 0 Å². The fourth-order valence-corrected chi connectivity index (χ4v) is 2.95. The first-order chi connectivity index (χ1) is 12.3. The Labute approximate surface area is 152 Å². The van der Waals surface area contributed by atoms with Gasteiger partial charge in [-0.3, -0.25) is 0 Å². The first-order valence-corrected chi connectivity index (χ1v) is 9.78. The highest BCUT2D eigenvalue weighted by Gasteiger charge is 2.13. The molecular weight excluding hydrogens is 312 g/mol. The molecule has 0 radical (unpaired) electrons. The van der Waals surface area contributed by atoms with Gasteiger partial charge in [-0.1, -0.05) is 76.6 Å². The molecule has 0 aliphatic heterocycles. The summed E-state index contributed by atoms with van der Waals surface area (Å²) in [6, 6.07) is 9.65. The van der Waals surface area contributed by atoms with E-state index in [2.05, 4.69) is 13.8 Å². The maximum Gasteiger partial charge on any atom is 0.165 e. The Morgan fingerprint density at radius 1 is 0.720 bits per heavy atom. The average molecular weight is 344 g/mol. The molecule has 0 aliphatic carbocycles. The molecule has 0 unspecified atom stereocenters. The Hall–Kier alpha value is -1.90. The van der Waals surface area contributed by atoms with E-state index in [1.165, 1.54) is 32.1 Å². The largest absolute Gasteiger partial charge is 0.504 e. The normalized spacial score (nSPS) is 11.0. The van der Waals surface area contributed by atoms with Gasteiger partial charge in [0.25, 0.3) is 0 Å². The van der Waals surface area contributed by atoms with Gasteiger partial charge in [-0.05, 0) is 12.8 Å². The fourth-order valence-electron chi connectivity index (χ4n) is 2.95. The third-order valence-corrected chi connectivity index (χ3v) is 4.45. The zero-order valence-corrected chi connectivity index (χ0v) is 15.7. The van der Waals surface area contributed by atoms with Crippen LogP contribution in [-0.2, 0) is 0 Å². The summed E-state index contributed by atoms with van der Waals surface area (Å²) in [5.41, 5.74) is 0. The molecule has 138 valence electrons. The predicted octanol–water partition coefficient (Wildman–Crippen LogP) is 6.46. The van der Waals surface area contributed by atoms with Crippen molar-refractivity contribution in [3.63, 3.8) is 0 Å². The van der Waals surface area contributed by atoms with Crippen LogP contribution in [0, 0.1) is 0 Å². The topological polar surface area (TPSA) is 38.7 Å². The van der Waals surface area contributed by atoms with Gasteiger partial charge in [0.15, 0.2) is 11.5 Å². The number of unbranched alkanes of at least 4 members (excludes halogenated alkanes) is 6. The van der Waals surface area contributed by atoms with E-state index in [9.17, 15) is 5.11 Å². The van der Waals surface area contributed by atoms with Crippen molar-refractivity contribution >= 4 is 10.8 Å². The summed E-state index contributed by atoms with van der Waals surface area (Å²) in [4.78, 5) is 0. The molecule has 0 saturated carbocycles. The summed E-state index contributed by atoms with van der Waals surface area (Å²) in [7, 11) is 0. The van der Waals surface area contributed by atoms with Gasteiger partial charge < -0.3 is 14.6 Å². The standard InChI is InChI=1S/C22H32O3/c1-3-5-7-11-15-24-20-17-21(25-16-12-8-6-4-2)22(23)19-14-10-9-13-18(19)20/h9-10,13-14,17,23H,3-8,11-12,15-16H2,1-2H3. The maximum atomic E-state index is 10.5. The number of phenols is 1. The molecule has 3 nitrogen and oxygen atoms in total. The number of benzene rings is 2. The third-order valence-electron chi connectivity index (χ3n) is 4.45. The molecule has 3 heteroatoms. The number of rotatable bonds is 12. The third kappa shape index (κ3) is 5.84. The van der Waals surface area contributed by atoms with E-state index in [0.717, 1.165) is 35.8 Å². The van der Waals surface area contributed by atoms with Crippen LogP contribution in [0.5, 0.6) is 17.2 Å². The SMILES string of the molecule is CCCCCCOc1cc(OCCCCCC)c2ccccc2c1O. The summed E-state index contributed by atoms with van der Waals surface area (Å²) < 4.78 is 11.9. The average Bonchev–Trinajstić information content (AvgIpc) is 2.64. The van der Waals surface area contributed by atoms with Gasteiger partial charge in [0.1, 0.15) is 5.75 Å². The van der Waals surface area contributed by atoms with Crippen molar-refractivity contribution in [1.29, 1.82) is 0 Å². The molecule has 0 aliphatic rings. The Bertz CT molecular complexity index is 636. The van der Waals surface area contributed by atoms with Gasteiger partial charge in [0, 0.05) is 16.8 Å². The van der Waals surface area contributed by atoms with Gasteiger partial charge in [0.05, 0.1) is 13.2 Å². The molecule has 0 amide bonds. The second kappa shape index (κ2) is 10.9. The van der Waals surface area contributed by atoms with E-state index in [4.69, 9.17) is 9.47 Å². The lowest BCUT2D eigenvalue weighted by Gasteiger charge is -2.15. The number of phenolic OH excluding ortho intramolecular Hbond substituents is 1. The van der Waals surface area contributed by atoms with Gasteiger partial charge >= 0.3 is 0 Å². The molecule has 0 spiro atoms. The van der Waals surface area contributed by atoms with Crippen molar-refractivity contribution < 1.29 is 14.6 Å². The molecule has 0 aromatic heterocycles. The molecular formula is C22H32O3. The van der Waals surface area contributed by atoms with Crippen LogP contribution in [0.4, 0.5) is 0 Å². The van der Waals surface area contributed by atoms with E-state index < -0.39 is 0 Å². The van der Waals surface area contributed by atoms with E-state index in [1.807, 2.05) is 30.3 Å². The smallest absolute Gasteiger partial charge is 0.165 e. The zero-order valence-electron chi connectivity index (χ0n) is 15.7. The van der Waals surface area contributed by atoms with Crippen molar-refractivity contribution in [2.45, 2.75) is 65.2 Å². The first kappa shape index (κ1) is 19.4. The molecule has 2 aromatic rings. The Morgan fingerprint density at radius 3 is 1.88 bits per heavy atom. The second-order valence-corrected chi connectivity index (χ2v) is 6.59. The van der Waals surface area contributed by atoms with Crippen LogP contribution in [0.2, 0.25) is 0 Å². The van der Waals surface area contributed by atoms with Gasteiger partial charge in [0.2, 0.25) is 0 Å². The molecule has 0 bridgehead atoms. The van der Waals surface area contributed by atoms with Crippen LogP contribution in [0.15, 0.2) is 30.3 Å². The van der Waals surface area contributed by atoms with Gasteiger partial charge in [-0.2, -0.15) is 0 Å². The molecule has 0 fully saturated rings. The van der Waals surface area contributed by atoms with Crippen LogP contribution >= 0.6 is 0 Å². The molecule has 2 aromatic carbocycles. The number of hydrogen-bond donors (Lipinski definition) is 1. The lowest BCUT2D eigenvalue weighted by molar-refractivity contribution is 0.282. The van der Waals surface area contributed by atoms with E-state index in [1.54, 1.807) is 0 Å². The number of fused-ring (bicyclic) bond motifs is 1. The fraction of sp³-hybridized carbons (Fsp3) is 0.545. The highest BCUT2D eigenvalue weighted by molar-refractivity contribution is 5.95. The molecule has 1 N–H and O–H groups in total. The Morgan fingerprint density at radius 2 is 1.28 bits per heavy atom. The van der Waals surface area contributed by atoms with Crippen LogP contribution in [0.3, 0.4) is 0 Å². The van der Waals surface area contributed by atoms with Crippen molar-refractivity contribution in [1.82, 2.24) is 0 Å². The summed E-state index contributed by atoms with van der Waals surface area (Å²) in [6.45, 7) is 5.73. The summed E-state index contributed by atoms with van der Waals surface area (Å²) >= 11 is 0. The van der Waals surface area contributed by atoms with Crippen LogP contribution in [0.1, 0.15) is 65.2 Å². The van der Waals surface area contributed by atoms with E-state index in [0.29, 0.717) is 19.0 Å². The minimum atomic E-state index is 0.212. The monoisotopic (exact) mass is 344 g/mol. The quantitative estimate of drug-likeness (QED) is 0.449. The van der Waals surface area contributed by atoms with Crippen molar-refractivity contribution in [2.75, 3.05) is 13.2 Å².